The molecule has 4 nitrogen and oxygen atoms in total. The molecule has 5 heteroatoms. The minimum atomic E-state index is -0.103. The molecule has 0 unspecified atom stereocenters. The number of aromatic nitrogens is 1. The van der Waals surface area contributed by atoms with Gasteiger partial charge in [-0.3, -0.25) is 4.79 Å². The Morgan fingerprint density at radius 1 is 1.53 bits per heavy atom. The molecular formula is C12H17BrN2O2. The number of rotatable bonds is 6. The normalized spacial score (nSPS) is 10.4. The third kappa shape index (κ3) is 6.26. The van der Waals surface area contributed by atoms with E-state index < -0.39 is 0 Å². The molecule has 0 aliphatic carbocycles. The standard InChI is InChI=1S/C12H17BrN2O2/c1-9(2)5-6-14-12(16)8-17-10-3-4-11(13)15-7-10/h3-4,7,9H,5-6,8H2,1-2H3,(H,14,16). The molecule has 0 saturated carbocycles. The molecule has 0 saturated heterocycles. The molecule has 1 heterocycles. The smallest absolute Gasteiger partial charge is 0.257 e. The summed E-state index contributed by atoms with van der Waals surface area (Å²) < 4.78 is 6.03. The van der Waals surface area contributed by atoms with E-state index in [0.717, 1.165) is 11.0 Å². The van der Waals surface area contributed by atoms with Crippen molar-refractivity contribution in [2.75, 3.05) is 13.2 Å². The van der Waals surface area contributed by atoms with Gasteiger partial charge in [0, 0.05) is 6.54 Å². The van der Waals surface area contributed by atoms with Crippen molar-refractivity contribution in [2.24, 2.45) is 5.92 Å². The van der Waals surface area contributed by atoms with Crippen LogP contribution in [-0.2, 0) is 4.79 Å². The summed E-state index contributed by atoms with van der Waals surface area (Å²) in [7, 11) is 0. The van der Waals surface area contributed by atoms with Crippen molar-refractivity contribution in [2.45, 2.75) is 20.3 Å². The van der Waals surface area contributed by atoms with Gasteiger partial charge in [0.25, 0.3) is 5.91 Å². The van der Waals surface area contributed by atoms with Crippen LogP contribution >= 0.6 is 15.9 Å². The van der Waals surface area contributed by atoms with E-state index in [0.29, 0.717) is 18.2 Å². The maximum absolute atomic E-state index is 11.4. The van der Waals surface area contributed by atoms with Crippen LogP contribution in [0.1, 0.15) is 20.3 Å². The third-order valence-electron chi connectivity index (χ3n) is 2.11. The lowest BCUT2D eigenvalue weighted by Gasteiger charge is -2.08. The average molecular weight is 301 g/mol. The fourth-order valence-electron chi connectivity index (χ4n) is 1.15. The van der Waals surface area contributed by atoms with Gasteiger partial charge in [0.2, 0.25) is 0 Å². The number of nitrogens with one attached hydrogen (secondary N) is 1. The van der Waals surface area contributed by atoms with Gasteiger partial charge >= 0.3 is 0 Å². The molecule has 1 rings (SSSR count). The number of amides is 1. The van der Waals surface area contributed by atoms with Gasteiger partial charge in [-0.25, -0.2) is 4.98 Å². The number of pyridine rings is 1. The van der Waals surface area contributed by atoms with E-state index in [1.807, 2.05) is 0 Å². The molecule has 94 valence electrons. The topological polar surface area (TPSA) is 51.2 Å². The zero-order chi connectivity index (χ0) is 12.7. The van der Waals surface area contributed by atoms with Crippen LogP contribution in [0.25, 0.3) is 0 Å². The summed E-state index contributed by atoms with van der Waals surface area (Å²) >= 11 is 3.23. The van der Waals surface area contributed by atoms with Gasteiger partial charge in [-0.2, -0.15) is 0 Å². The van der Waals surface area contributed by atoms with Crippen molar-refractivity contribution >= 4 is 21.8 Å². The highest BCUT2D eigenvalue weighted by atomic mass is 79.9. The summed E-state index contributed by atoms with van der Waals surface area (Å²) in [6, 6.07) is 3.53. The summed E-state index contributed by atoms with van der Waals surface area (Å²) in [5, 5.41) is 2.80. The zero-order valence-electron chi connectivity index (χ0n) is 10.1. The van der Waals surface area contributed by atoms with E-state index in [-0.39, 0.29) is 12.5 Å². The number of nitrogens with zero attached hydrogens (tertiary/aromatic N) is 1. The van der Waals surface area contributed by atoms with Crippen LogP contribution < -0.4 is 10.1 Å². The number of hydrogen-bond acceptors (Lipinski definition) is 3. The van der Waals surface area contributed by atoms with E-state index in [4.69, 9.17) is 4.74 Å². The molecule has 0 radical (unpaired) electrons. The Morgan fingerprint density at radius 2 is 2.29 bits per heavy atom. The lowest BCUT2D eigenvalue weighted by Crippen LogP contribution is -2.30. The third-order valence-corrected chi connectivity index (χ3v) is 2.58. The second kappa shape index (κ2) is 7.27. The zero-order valence-corrected chi connectivity index (χ0v) is 11.7. The number of carbonyl (C=O) groups is 1. The van der Waals surface area contributed by atoms with Crippen LogP contribution in [0.4, 0.5) is 0 Å². The number of halogens is 1. The lowest BCUT2D eigenvalue weighted by atomic mass is 10.1. The van der Waals surface area contributed by atoms with E-state index >= 15 is 0 Å². The maximum atomic E-state index is 11.4. The predicted octanol–water partition coefficient (Wildman–Crippen LogP) is 2.39. The van der Waals surface area contributed by atoms with E-state index in [1.165, 1.54) is 0 Å². The van der Waals surface area contributed by atoms with Crippen LogP contribution in [0.2, 0.25) is 0 Å². The highest BCUT2D eigenvalue weighted by Crippen LogP contribution is 2.12. The summed E-state index contributed by atoms with van der Waals surface area (Å²) in [5.41, 5.74) is 0. The highest BCUT2D eigenvalue weighted by molar-refractivity contribution is 9.10. The van der Waals surface area contributed by atoms with Gasteiger partial charge < -0.3 is 10.1 Å². The Hall–Kier alpha value is -1.10. The van der Waals surface area contributed by atoms with Gasteiger partial charge in [-0.1, -0.05) is 13.8 Å². The van der Waals surface area contributed by atoms with E-state index in [9.17, 15) is 4.79 Å². The predicted molar refractivity (Wildman–Crippen MR) is 69.9 cm³/mol. The molecule has 0 bridgehead atoms. The summed E-state index contributed by atoms with van der Waals surface area (Å²) in [5.74, 6) is 1.08. The van der Waals surface area contributed by atoms with Gasteiger partial charge in [-0.05, 0) is 40.4 Å². The quantitative estimate of drug-likeness (QED) is 0.821. The first-order chi connectivity index (χ1) is 8.08. The minimum absolute atomic E-state index is 0.0292. The van der Waals surface area contributed by atoms with Crippen molar-refractivity contribution in [3.05, 3.63) is 22.9 Å². The highest BCUT2D eigenvalue weighted by Gasteiger charge is 2.03. The molecule has 0 aliphatic heterocycles. The molecule has 17 heavy (non-hydrogen) atoms. The van der Waals surface area contributed by atoms with Crippen molar-refractivity contribution in [3.63, 3.8) is 0 Å². The summed E-state index contributed by atoms with van der Waals surface area (Å²) in [6.45, 7) is 4.96. The van der Waals surface area contributed by atoms with Crippen LogP contribution in [0.5, 0.6) is 5.75 Å². The van der Waals surface area contributed by atoms with Gasteiger partial charge in [0.05, 0.1) is 6.20 Å². The molecule has 0 aliphatic rings. The molecule has 1 aromatic rings. The molecule has 1 amide bonds. The Morgan fingerprint density at radius 3 is 2.88 bits per heavy atom. The maximum Gasteiger partial charge on any atom is 0.257 e. The largest absolute Gasteiger partial charge is 0.482 e. The molecule has 1 N–H and O–H groups in total. The van der Waals surface area contributed by atoms with Crippen molar-refractivity contribution in [1.29, 1.82) is 0 Å². The summed E-state index contributed by atoms with van der Waals surface area (Å²) in [6.07, 6.45) is 2.55. The van der Waals surface area contributed by atoms with Crippen LogP contribution in [-0.4, -0.2) is 24.0 Å². The number of hydrogen-bond donors (Lipinski definition) is 1. The Kier molecular flexibility index (Phi) is 5.97. The molecule has 0 spiro atoms. The minimum Gasteiger partial charge on any atom is -0.482 e. The fraction of sp³-hybridized carbons (Fsp3) is 0.500. The summed E-state index contributed by atoms with van der Waals surface area (Å²) in [4.78, 5) is 15.4. The first-order valence-corrected chi connectivity index (χ1v) is 6.38. The SMILES string of the molecule is CC(C)CCNC(=O)COc1ccc(Br)nc1. The average Bonchev–Trinajstić information content (AvgIpc) is 2.28. The number of ether oxygens (including phenoxy) is 1. The number of carbonyl (C=O) groups excluding carboxylic acids is 1. The van der Waals surface area contributed by atoms with Crippen LogP contribution in [0.15, 0.2) is 22.9 Å². The monoisotopic (exact) mass is 300 g/mol. The van der Waals surface area contributed by atoms with E-state index in [2.05, 4.69) is 40.1 Å². The Labute approximate surface area is 110 Å². The van der Waals surface area contributed by atoms with Crippen molar-refractivity contribution in [1.82, 2.24) is 10.3 Å². The first-order valence-electron chi connectivity index (χ1n) is 5.59. The van der Waals surface area contributed by atoms with Crippen LogP contribution in [0.3, 0.4) is 0 Å². The Bertz CT molecular complexity index is 352. The van der Waals surface area contributed by atoms with Crippen molar-refractivity contribution < 1.29 is 9.53 Å². The second-order valence-electron chi connectivity index (χ2n) is 4.14. The molecule has 0 atom stereocenters. The molecule has 0 aromatic carbocycles. The van der Waals surface area contributed by atoms with Crippen LogP contribution in [0, 0.1) is 5.92 Å². The first kappa shape index (κ1) is 14.0. The second-order valence-corrected chi connectivity index (χ2v) is 4.95. The fourth-order valence-corrected chi connectivity index (χ4v) is 1.38. The molecule has 0 fully saturated rings. The lowest BCUT2D eigenvalue weighted by molar-refractivity contribution is -0.123. The van der Waals surface area contributed by atoms with Gasteiger partial charge in [0.1, 0.15) is 10.4 Å². The van der Waals surface area contributed by atoms with Gasteiger partial charge in [0.15, 0.2) is 6.61 Å². The Balaban J connectivity index is 2.21. The van der Waals surface area contributed by atoms with E-state index in [1.54, 1.807) is 18.3 Å². The molecular weight excluding hydrogens is 284 g/mol. The van der Waals surface area contributed by atoms with Crippen molar-refractivity contribution in [3.8, 4) is 5.75 Å². The van der Waals surface area contributed by atoms with Gasteiger partial charge in [-0.15, -0.1) is 0 Å². The molecule has 1 aromatic heterocycles.